The van der Waals surface area contributed by atoms with Crippen LogP contribution in [0.25, 0.3) is 0 Å². The first-order chi connectivity index (χ1) is 10.3. The lowest BCUT2D eigenvalue weighted by Crippen LogP contribution is -2.25. The van der Waals surface area contributed by atoms with Crippen LogP contribution in [-0.2, 0) is 9.73 Å². The van der Waals surface area contributed by atoms with Crippen LogP contribution in [0.15, 0.2) is 27.6 Å². The first kappa shape index (κ1) is 16.6. The number of hydrogen-bond acceptors (Lipinski definition) is 3. The van der Waals surface area contributed by atoms with Crippen molar-refractivity contribution in [1.82, 2.24) is 0 Å². The average Bonchev–Trinajstić information content (AvgIpc) is 3.23. The van der Waals surface area contributed by atoms with Crippen LogP contribution in [0.3, 0.4) is 0 Å². The average molecular weight is 406 g/mol. The zero-order chi connectivity index (χ0) is 16.0. The molecule has 0 spiro atoms. The molecule has 2 fully saturated rings. The van der Waals surface area contributed by atoms with Gasteiger partial charge >= 0.3 is 0 Å². The van der Waals surface area contributed by atoms with Crippen molar-refractivity contribution < 1.29 is 4.21 Å². The summed E-state index contributed by atoms with van der Waals surface area (Å²) in [6.45, 7) is 2.31. The van der Waals surface area contributed by atoms with Crippen molar-refractivity contribution >= 4 is 42.9 Å². The van der Waals surface area contributed by atoms with Crippen LogP contribution in [0.5, 0.6) is 0 Å². The van der Waals surface area contributed by atoms with E-state index in [1.165, 1.54) is 25.7 Å². The van der Waals surface area contributed by atoms with E-state index in [1.54, 1.807) is 12.1 Å². The third-order valence-corrected chi connectivity index (χ3v) is 8.85. The van der Waals surface area contributed by atoms with Gasteiger partial charge in [-0.25, -0.2) is 8.99 Å². The Kier molecular flexibility index (Phi) is 4.52. The molecule has 1 aromatic carbocycles. The number of nitrogens with one attached hydrogen (secondary N) is 2. The summed E-state index contributed by atoms with van der Waals surface area (Å²) in [5, 5.41) is 3.57. The van der Waals surface area contributed by atoms with E-state index >= 15 is 0 Å². The highest BCUT2D eigenvalue weighted by Gasteiger charge is 2.51. The van der Waals surface area contributed by atoms with Gasteiger partial charge in [-0.15, -0.1) is 11.6 Å². The lowest BCUT2D eigenvalue weighted by atomic mass is 9.87. The molecular formula is C16H22BrClN2OS. The van der Waals surface area contributed by atoms with Crippen molar-refractivity contribution in [2.45, 2.75) is 60.6 Å². The summed E-state index contributed by atoms with van der Waals surface area (Å²) in [5.41, 5.74) is 1.01. The van der Waals surface area contributed by atoms with Gasteiger partial charge in [0, 0.05) is 16.2 Å². The van der Waals surface area contributed by atoms with E-state index < -0.39 is 13.9 Å². The number of hydrogen-bond donors (Lipinski definition) is 2. The topological polar surface area (TPSA) is 53.0 Å². The van der Waals surface area contributed by atoms with Crippen LogP contribution in [0.1, 0.15) is 45.4 Å². The summed E-state index contributed by atoms with van der Waals surface area (Å²) in [5.74, 6) is 0.829. The van der Waals surface area contributed by atoms with Gasteiger partial charge in [0.15, 0.2) is 0 Å². The van der Waals surface area contributed by atoms with Crippen molar-refractivity contribution in [3.8, 4) is 0 Å². The van der Waals surface area contributed by atoms with E-state index in [0.717, 1.165) is 16.1 Å². The SMILES string of the molecule is C[C@H]1CC[C@H](Nc2ccc(S(=N)(=O)C3(Cl)CC3)cc2Br)CC1. The Morgan fingerprint density at radius 1 is 1.32 bits per heavy atom. The van der Waals surface area contributed by atoms with E-state index in [2.05, 4.69) is 28.2 Å². The minimum absolute atomic E-state index is 0.501. The van der Waals surface area contributed by atoms with Gasteiger partial charge < -0.3 is 5.32 Å². The molecule has 1 aromatic rings. The second-order valence-electron chi connectivity index (χ2n) is 6.68. The third kappa shape index (κ3) is 3.17. The fraction of sp³-hybridized carbons (Fsp3) is 0.625. The number of halogens is 2. The summed E-state index contributed by atoms with van der Waals surface area (Å²) in [6, 6.07) is 6.01. The Morgan fingerprint density at radius 3 is 2.50 bits per heavy atom. The minimum atomic E-state index is -2.94. The quantitative estimate of drug-likeness (QED) is 0.643. The summed E-state index contributed by atoms with van der Waals surface area (Å²) in [6.07, 6.45) is 6.24. The molecule has 6 heteroatoms. The molecule has 2 aliphatic rings. The Morgan fingerprint density at radius 2 is 1.95 bits per heavy atom. The highest BCUT2D eigenvalue weighted by molar-refractivity contribution is 9.10. The van der Waals surface area contributed by atoms with E-state index in [1.807, 2.05) is 6.07 Å². The maximum absolute atomic E-state index is 12.7. The molecular weight excluding hydrogens is 384 g/mol. The molecule has 22 heavy (non-hydrogen) atoms. The van der Waals surface area contributed by atoms with Crippen LogP contribution in [-0.4, -0.2) is 14.5 Å². The fourth-order valence-electron chi connectivity index (χ4n) is 3.01. The predicted octanol–water partition coefficient (Wildman–Crippen LogP) is 5.57. The molecule has 0 radical (unpaired) electrons. The Labute approximate surface area is 146 Å². The highest BCUT2D eigenvalue weighted by Crippen LogP contribution is 2.51. The highest BCUT2D eigenvalue weighted by atomic mass is 79.9. The lowest BCUT2D eigenvalue weighted by molar-refractivity contribution is 0.361. The molecule has 0 heterocycles. The minimum Gasteiger partial charge on any atom is -0.381 e. The number of benzene rings is 1. The summed E-state index contributed by atoms with van der Waals surface area (Å²) >= 11 is 9.79. The summed E-state index contributed by atoms with van der Waals surface area (Å²) in [4.78, 5) is 0.523. The predicted molar refractivity (Wildman–Crippen MR) is 96.1 cm³/mol. The summed E-state index contributed by atoms with van der Waals surface area (Å²) in [7, 11) is -2.94. The molecule has 2 saturated carbocycles. The van der Waals surface area contributed by atoms with Crippen LogP contribution in [0, 0.1) is 10.7 Å². The van der Waals surface area contributed by atoms with E-state index in [0.29, 0.717) is 23.8 Å². The summed E-state index contributed by atoms with van der Waals surface area (Å²) < 4.78 is 20.9. The number of anilines is 1. The maximum Gasteiger partial charge on any atom is 0.132 e. The van der Waals surface area contributed by atoms with Gasteiger partial charge in [-0.1, -0.05) is 6.92 Å². The van der Waals surface area contributed by atoms with Crippen LogP contribution < -0.4 is 5.32 Å². The van der Waals surface area contributed by atoms with Gasteiger partial charge in [-0.2, -0.15) is 0 Å². The molecule has 0 aliphatic heterocycles. The molecule has 0 saturated heterocycles. The molecule has 2 N–H and O–H groups in total. The molecule has 0 aromatic heterocycles. The second kappa shape index (κ2) is 5.99. The monoisotopic (exact) mass is 404 g/mol. The molecule has 1 atom stereocenters. The standard InChI is InChI=1S/C16H22BrClN2OS/c1-11-2-4-12(5-3-11)20-15-7-6-13(10-14(15)17)22(19,21)16(18)8-9-16/h6-7,10-12,19-20H,2-5,8-9H2,1H3/t11-,12-,22?. The van der Waals surface area contributed by atoms with Crippen molar-refractivity contribution in [1.29, 1.82) is 4.78 Å². The number of alkyl halides is 1. The first-order valence-corrected chi connectivity index (χ1v) is 10.6. The van der Waals surface area contributed by atoms with Crippen LogP contribution in [0.2, 0.25) is 0 Å². The van der Waals surface area contributed by atoms with Crippen LogP contribution >= 0.6 is 27.5 Å². The molecule has 0 amide bonds. The van der Waals surface area contributed by atoms with Gasteiger partial charge in [0.1, 0.15) is 4.21 Å². The van der Waals surface area contributed by atoms with Gasteiger partial charge in [0.05, 0.1) is 14.6 Å². The largest absolute Gasteiger partial charge is 0.381 e. The maximum atomic E-state index is 12.7. The Hall–Kier alpha value is -0.260. The molecule has 3 nitrogen and oxygen atoms in total. The Balaban J connectivity index is 1.75. The van der Waals surface area contributed by atoms with Gasteiger partial charge in [0.2, 0.25) is 0 Å². The molecule has 122 valence electrons. The van der Waals surface area contributed by atoms with E-state index in [9.17, 15) is 4.21 Å². The van der Waals surface area contributed by atoms with E-state index in [4.69, 9.17) is 16.4 Å². The van der Waals surface area contributed by atoms with Crippen molar-refractivity contribution in [2.24, 2.45) is 5.92 Å². The molecule has 1 unspecified atom stereocenters. The first-order valence-electron chi connectivity index (χ1n) is 7.85. The van der Waals surface area contributed by atoms with Gasteiger partial charge in [0.25, 0.3) is 0 Å². The van der Waals surface area contributed by atoms with Crippen molar-refractivity contribution in [3.05, 3.63) is 22.7 Å². The third-order valence-electron chi connectivity index (χ3n) is 4.81. The van der Waals surface area contributed by atoms with Gasteiger partial charge in [-0.05, 0) is 78.6 Å². The zero-order valence-electron chi connectivity index (χ0n) is 12.7. The van der Waals surface area contributed by atoms with E-state index in [-0.39, 0.29) is 0 Å². The number of rotatable bonds is 4. The molecule has 3 rings (SSSR count). The second-order valence-corrected chi connectivity index (χ2v) is 10.8. The normalized spacial score (nSPS) is 29.6. The zero-order valence-corrected chi connectivity index (χ0v) is 15.9. The Bertz CT molecular complexity index is 665. The molecule has 0 bridgehead atoms. The lowest BCUT2D eigenvalue weighted by Gasteiger charge is -2.28. The van der Waals surface area contributed by atoms with Crippen molar-refractivity contribution in [3.63, 3.8) is 0 Å². The van der Waals surface area contributed by atoms with Gasteiger partial charge in [-0.3, -0.25) is 0 Å². The van der Waals surface area contributed by atoms with Crippen molar-refractivity contribution in [2.75, 3.05) is 5.32 Å². The van der Waals surface area contributed by atoms with Crippen LogP contribution in [0.4, 0.5) is 5.69 Å². The molecule has 2 aliphatic carbocycles. The fourth-order valence-corrected chi connectivity index (χ4v) is 5.66. The smallest absolute Gasteiger partial charge is 0.132 e.